The average molecular weight is 456 g/mol. The van der Waals surface area contributed by atoms with E-state index in [4.69, 9.17) is 0 Å². The van der Waals surface area contributed by atoms with E-state index < -0.39 is 5.92 Å². The molecule has 6 heteroatoms. The highest BCUT2D eigenvalue weighted by Crippen LogP contribution is 2.30. The van der Waals surface area contributed by atoms with E-state index in [2.05, 4.69) is 45.1 Å². The highest BCUT2D eigenvalue weighted by molar-refractivity contribution is 9.10. The summed E-state index contributed by atoms with van der Waals surface area (Å²) in [5, 5.41) is 0. The Bertz CT molecular complexity index is 894. The SMILES string of the molecule is Cc1cc(Br)ccc1N1CC[C@@H](C(=O)N2CCN(Cc3ccccc3)CC2)C1=O. The quantitative estimate of drug-likeness (QED) is 0.663. The Hall–Kier alpha value is -2.18. The fraction of sp³-hybridized carbons (Fsp3) is 0.391. The van der Waals surface area contributed by atoms with Crippen molar-refractivity contribution in [1.29, 1.82) is 0 Å². The van der Waals surface area contributed by atoms with E-state index in [0.29, 0.717) is 26.1 Å². The van der Waals surface area contributed by atoms with E-state index in [1.165, 1.54) is 5.56 Å². The average Bonchev–Trinajstić information content (AvgIpc) is 3.10. The number of hydrogen-bond donors (Lipinski definition) is 0. The van der Waals surface area contributed by atoms with Crippen molar-refractivity contribution in [1.82, 2.24) is 9.80 Å². The summed E-state index contributed by atoms with van der Waals surface area (Å²) in [6.07, 6.45) is 0.595. The molecule has 0 spiro atoms. The van der Waals surface area contributed by atoms with E-state index in [-0.39, 0.29) is 11.8 Å². The molecular formula is C23H26BrN3O2. The minimum absolute atomic E-state index is 0.00775. The molecule has 2 aliphatic heterocycles. The van der Waals surface area contributed by atoms with Gasteiger partial charge in [-0.25, -0.2) is 0 Å². The number of rotatable bonds is 4. The molecule has 0 unspecified atom stereocenters. The lowest BCUT2D eigenvalue weighted by molar-refractivity contribution is -0.141. The van der Waals surface area contributed by atoms with Gasteiger partial charge >= 0.3 is 0 Å². The van der Waals surface area contributed by atoms with Crippen LogP contribution in [-0.4, -0.2) is 54.3 Å². The van der Waals surface area contributed by atoms with Gasteiger partial charge in [-0.1, -0.05) is 46.3 Å². The Labute approximate surface area is 180 Å². The molecule has 152 valence electrons. The monoisotopic (exact) mass is 455 g/mol. The lowest BCUT2D eigenvalue weighted by Gasteiger charge is -2.35. The molecule has 4 rings (SSSR count). The molecule has 2 amide bonds. The fourth-order valence-corrected chi connectivity index (χ4v) is 4.73. The van der Waals surface area contributed by atoms with E-state index in [0.717, 1.165) is 35.4 Å². The number of anilines is 1. The third kappa shape index (κ3) is 4.38. The van der Waals surface area contributed by atoms with E-state index in [1.807, 2.05) is 36.1 Å². The van der Waals surface area contributed by atoms with Crippen LogP contribution >= 0.6 is 15.9 Å². The Kier molecular flexibility index (Phi) is 6.01. The number of halogens is 1. The van der Waals surface area contributed by atoms with Gasteiger partial charge in [0.2, 0.25) is 11.8 Å². The van der Waals surface area contributed by atoms with Gasteiger partial charge < -0.3 is 9.80 Å². The summed E-state index contributed by atoms with van der Waals surface area (Å²) in [4.78, 5) is 32.1. The van der Waals surface area contributed by atoms with Crippen LogP contribution in [0, 0.1) is 12.8 Å². The van der Waals surface area contributed by atoms with Gasteiger partial charge in [0, 0.05) is 49.4 Å². The molecule has 0 N–H and O–H groups in total. The van der Waals surface area contributed by atoms with Crippen LogP contribution < -0.4 is 4.90 Å². The summed E-state index contributed by atoms with van der Waals surface area (Å²) in [7, 11) is 0. The summed E-state index contributed by atoms with van der Waals surface area (Å²) < 4.78 is 0.992. The Morgan fingerprint density at radius 3 is 2.45 bits per heavy atom. The summed E-state index contributed by atoms with van der Waals surface area (Å²) >= 11 is 3.46. The van der Waals surface area contributed by atoms with Crippen molar-refractivity contribution in [3.63, 3.8) is 0 Å². The minimum atomic E-state index is -0.543. The summed E-state index contributed by atoms with van der Waals surface area (Å²) in [5.41, 5.74) is 3.23. The third-order valence-corrected chi connectivity index (χ3v) is 6.38. The van der Waals surface area contributed by atoms with Crippen LogP contribution in [0.3, 0.4) is 0 Å². The second-order valence-corrected chi connectivity index (χ2v) is 8.76. The van der Waals surface area contributed by atoms with Crippen LogP contribution in [0.25, 0.3) is 0 Å². The highest BCUT2D eigenvalue weighted by atomic mass is 79.9. The summed E-state index contributed by atoms with van der Waals surface area (Å²) in [5.74, 6) is -0.613. The van der Waals surface area contributed by atoms with Crippen molar-refractivity contribution in [2.24, 2.45) is 5.92 Å². The molecule has 0 aliphatic carbocycles. The normalized spacial score (nSPS) is 20.3. The second-order valence-electron chi connectivity index (χ2n) is 7.85. The zero-order valence-electron chi connectivity index (χ0n) is 16.7. The highest BCUT2D eigenvalue weighted by Gasteiger charge is 2.40. The van der Waals surface area contributed by atoms with Crippen LogP contribution in [0.1, 0.15) is 17.5 Å². The molecule has 2 aromatic rings. The number of carbonyl (C=O) groups excluding carboxylic acids is 2. The van der Waals surface area contributed by atoms with Crippen molar-refractivity contribution >= 4 is 33.4 Å². The van der Waals surface area contributed by atoms with Crippen LogP contribution in [0.5, 0.6) is 0 Å². The molecule has 29 heavy (non-hydrogen) atoms. The predicted octanol–water partition coefficient (Wildman–Crippen LogP) is 3.45. The number of carbonyl (C=O) groups is 2. The molecule has 0 bridgehead atoms. The lowest BCUT2D eigenvalue weighted by Crippen LogP contribution is -2.51. The molecule has 0 aromatic heterocycles. The third-order valence-electron chi connectivity index (χ3n) is 5.89. The smallest absolute Gasteiger partial charge is 0.239 e. The maximum atomic E-state index is 13.0. The lowest BCUT2D eigenvalue weighted by atomic mass is 10.1. The van der Waals surface area contributed by atoms with Gasteiger partial charge in [0.25, 0.3) is 0 Å². The number of amides is 2. The molecule has 2 heterocycles. The number of benzene rings is 2. The van der Waals surface area contributed by atoms with Gasteiger partial charge in [-0.2, -0.15) is 0 Å². The largest absolute Gasteiger partial charge is 0.339 e. The fourth-order valence-electron chi connectivity index (χ4n) is 4.26. The van der Waals surface area contributed by atoms with Crippen molar-refractivity contribution in [2.75, 3.05) is 37.6 Å². The first-order valence-electron chi connectivity index (χ1n) is 10.2. The molecule has 2 saturated heterocycles. The van der Waals surface area contributed by atoms with Crippen LogP contribution in [-0.2, 0) is 16.1 Å². The minimum Gasteiger partial charge on any atom is -0.339 e. The molecule has 1 atom stereocenters. The topological polar surface area (TPSA) is 43.9 Å². The molecule has 2 fully saturated rings. The van der Waals surface area contributed by atoms with E-state index in [1.54, 1.807) is 4.90 Å². The number of piperazine rings is 1. The van der Waals surface area contributed by atoms with Crippen LogP contribution in [0.15, 0.2) is 53.0 Å². The first kappa shape index (κ1) is 20.1. The molecule has 2 aliphatic rings. The molecule has 5 nitrogen and oxygen atoms in total. The van der Waals surface area contributed by atoms with Gasteiger partial charge in [0.1, 0.15) is 5.92 Å². The standard InChI is InChI=1S/C23H26BrN3O2/c1-17-15-19(24)7-8-21(17)27-10-9-20(23(27)29)22(28)26-13-11-25(12-14-26)16-18-5-3-2-4-6-18/h2-8,15,20H,9-14,16H2,1H3/t20-/m0/s1. The van der Waals surface area contributed by atoms with Gasteiger partial charge in [0.05, 0.1) is 0 Å². The Morgan fingerprint density at radius 1 is 1.03 bits per heavy atom. The number of nitrogens with zero attached hydrogens (tertiary/aromatic N) is 3. The summed E-state index contributed by atoms with van der Waals surface area (Å²) in [6.45, 7) is 6.57. The molecule has 0 saturated carbocycles. The van der Waals surface area contributed by atoms with Crippen LogP contribution in [0.4, 0.5) is 5.69 Å². The van der Waals surface area contributed by atoms with Crippen molar-refractivity contribution in [2.45, 2.75) is 19.9 Å². The summed E-state index contributed by atoms with van der Waals surface area (Å²) in [6, 6.07) is 16.3. The van der Waals surface area contributed by atoms with E-state index in [9.17, 15) is 9.59 Å². The zero-order valence-corrected chi connectivity index (χ0v) is 18.3. The first-order valence-corrected chi connectivity index (χ1v) is 10.9. The van der Waals surface area contributed by atoms with Crippen molar-refractivity contribution in [3.8, 4) is 0 Å². The first-order chi connectivity index (χ1) is 14.0. The second kappa shape index (κ2) is 8.67. The Balaban J connectivity index is 1.35. The number of hydrogen-bond acceptors (Lipinski definition) is 3. The van der Waals surface area contributed by atoms with Crippen molar-refractivity contribution in [3.05, 3.63) is 64.1 Å². The predicted molar refractivity (Wildman–Crippen MR) is 118 cm³/mol. The molecule has 2 aromatic carbocycles. The van der Waals surface area contributed by atoms with Crippen molar-refractivity contribution < 1.29 is 9.59 Å². The van der Waals surface area contributed by atoms with Gasteiger partial charge in [-0.05, 0) is 42.7 Å². The van der Waals surface area contributed by atoms with E-state index >= 15 is 0 Å². The zero-order chi connectivity index (χ0) is 20.4. The maximum Gasteiger partial charge on any atom is 0.239 e. The van der Waals surface area contributed by atoms with Gasteiger partial charge in [0.15, 0.2) is 0 Å². The molecular weight excluding hydrogens is 430 g/mol. The molecule has 0 radical (unpaired) electrons. The van der Waals surface area contributed by atoms with Gasteiger partial charge in [-0.3, -0.25) is 14.5 Å². The number of aryl methyl sites for hydroxylation is 1. The van der Waals surface area contributed by atoms with Gasteiger partial charge in [-0.15, -0.1) is 0 Å². The maximum absolute atomic E-state index is 13.0. The van der Waals surface area contributed by atoms with Crippen LogP contribution in [0.2, 0.25) is 0 Å². The Morgan fingerprint density at radius 2 is 1.76 bits per heavy atom.